The first-order chi connectivity index (χ1) is 41.4. The summed E-state index contributed by atoms with van der Waals surface area (Å²) in [5.74, 6) is 0.240. The van der Waals surface area contributed by atoms with Gasteiger partial charge in [0.15, 0.2) is 23.0 Å². The molecule has 0 unspecified atom stereocenters. The Kier molecular flexibility index (Phi) is 20.8. The minimum atomic E-state index is -4.68. The first-order valence-corrected chi connectivity index (χ1v) is 27.9. The molecule has 2 aromatic carbocycles. The number of rotatable bonds is 16. The van der Waals surface area contributed by atoms with Crippen molar-refractivity contribution in [2.24, 2.45) is 0 Å². The molecule has 1 aliphatic heterocycles. The lowest BCUT2D eigenvalue weighted by atomic mass is 9.79. The third-order valence-electron chi connectivity index (χ3n) is 13.5. The summed E-state index contributed by atoms with van der Waals surface area (Å²) in [6.45, 7) is 19.4. The number of nitrogens with one attached hydrogen (secondary N) is 2. The van der Waals surface area contributed by atoms with E-state index in [-0.39, 0.29) is 65.5 Å². The van der Waals surface area contributed by atoms with E-state index in [0.717, 1.165) is 38.8 Å². The van der Waals surface area contributed by atoms with Crippen LogP contribution in [0, 0.1) is 13.8 Å². The number of pyridine rings is 2. The normalized spacial score (nSPS) is 13.4. The lowest BCUT2D eigenvalue weighted by Crippen LogP contribution is -2.41. The summed E-state index contributed by atoms with van der Waals surface area (Å²) in [6, 6.07) is 15.4. The Morgan fingerprint density at radius 3 is 1.52 bits per heavy atom. The summed E-state index contributed by atoms with van der Waals surface area (Å²) in [5, 5.41) is 13.2. The number of methoxy groups -OCH3 is 2. The standard InChI is InChI=1S/C26H25F3N6O4.C16H24BNO5.C16H13BrF3N5O/c1-5-34-14-16(11-19(23(34)36)24(37)39-6-2)20-13-30-25(31-17-9-15(3)10-18(12-17)38-4)32-22(20)35-8-7-21(33-35)26(27,28)29;1-7-18-10-11(9-12(13(18)19)14(20)21-8-2)17-22-15(3,4)16(5,6)23-17;1-9-5-10(7-11(6-9)26-2)22-15-21-8-12(17)14(23-15)25-4-3-13(24-25)16(18,19)20/h7-14H,5-6H2,1-4H3,(H,30,31,32);9-10H,7-8H2,1-6H3;3-8H,1-2H3,(H,21,22,23). The summed E-state index contributed by atoms with van der Waals surface area (Å²) in [7, 11) is 2.45. The first kappa shape index (κ1) is 66.6. The molecule has 1 fully saturated rings. The molecule has 0 bridgehead atoms. The lowest BCUT2D eigenvalue weighted by Gasteiger charge is -2.32. The number of esters is 2. The monoisotopic (exact) mass is 1290 g/mol. The molecule has 0 saturated carbocycles. The van der Waals surface area contributed by atoms with Crippen LogP contribution < -0.4 is 36.7 Å². The molecule has 0 amide bonds. The predicted molar refractivity (Wildman–Crippen MR) is 317 cm³/mol. The van der Waals surface area contributed by atoms with Gasteiger partial charge in [-0.1, -0.05) is 0 Å². The molecule has 0 spiro atoms. The highest BCUT2D eigenvalue weighted by Crippen LogP contribution is 2.37. The van der Waals surface area contributed by atoms with E-state index >= 15 is 0 Å². The molecular formula is C58H62BBrF6N12O10. The fourth-order valence-electron chi connectivity index (χ4n) is 8.44. The lowest BCUT2D eigenvalue weighted by molar-refractivity contribution is -0.142. The molecule has 1 saturated heterocycles. The van der Waals surface area contributed by atoms with Crippen LogP contribution in [-0.2, 0) is 44.2 Å². The van der Waals surface area contributed by atoms with Gasteiger partial charge in [-0.05, 0) is 150 Å². The van der Waals surface area contributed by atoms with E-state index < -0.39 is 59.6 Å². The minimum absolute atomic E-state index is 0.000845. The number of aromatic nitrogens is 10. The molecule has 2 N–H and O–H groups in total. The number of hydrogen-bond donors (Lipinski definition) is 2. The van der Waals surface area contributed by atoms with Crippen molar-refractivity contribution in [3.63, 3.8) is 0 Å². The fraction of sp³-hybridized carbons (Fsp3) is 0.345. The van der Waals surface area contributed by atoms with E-state index in [4.69, 9.17) is 28.3 Å². The molecule has 1 aliphatic rings. The molecule has 8 aromatic rings. The van der Waals surface area contributed by atoms with Gasteiger partial charge in [0.25, 0.3) is 11.1 Å². The van der Waals surface area contributed by atoms with Crippen LogP contribution in [-0.4, -0.2) is 106 Å². The molecule has 0 radical (unpaired) electrons. The Morgan fingerprint density at radius 1 is 0.636 bits per heavy atom. The van der Waals surface area contributed by atoms with Crippen molar-refractivity contribution >= 4 is 63.7 Å². The average Bonchev–Trinajstić information content (AvgIpc) is 2.34. The number of hydrogen-bond acceptors (Lipinski definition) is 18. The van der Waals surface area contributed by atoms with Crippen molar-refractivity contribution < 1.29 is 64.2 Å². The zero-order valence-electron chi connectivity index (χ0n) is 49.8. The number of halogens is 7. The highest BCUT2D eigenvalue weighted by molar-refractivity contribution is 9.10. The van der Waals surface area contributed by atoms with Crippen LogP contribution in [0.15, 0.2) is 112 Å². The molecule has 0 aliphatic carbocycles. The highest BCUT2D eigenvalue weighted by Gasteiger charge is 2.52. The Bertz CT molecular complexity index is 3950. The number of nitrogens with zero attached hydrogens (tertiary/aromatic N) is 10. The van der Waals surface area contributed by atoms with Gasteiger partial charge in [0.2, 0.25) is 11.9 Å². The minimum Gasteiger partial charge on any atom is -0.497 e. The van der Waals surface area contributed by atoms with Crippen LogP contribution in [0.1, 0.15) is 98.6 Å². The molecule has 30 heteroatoms. The first-order valence-electron chi connectivity index (χ1n) is 27.1. The maximum atomic E-state index is 13.4. The van der Waals surface area contributed by atoms with Crippen molar-refractivity contribution in [2.75, 3.05) is 38.1 Å². The van der Waals surface area contributed by atoms with Gasteiger partial charge < -0.3 is 48.0 Å². The van der Waals surface area contributed by atoms with Crippen LogP contribution in [0.25, 0.3) is 22.8 Å². The number of alkyl halides is 6. The Hall–Kier alpha value is -8.90. The zero-order chi connectivity index (χ0) is 64.6. The van der Waals surface area contributed by atoms with Crippen molar-refractivity contribution in [2.45, 2.75) is 106 Å². The largest absolute Gasteiger partial charge is 0.497 e. The highest BCUT2D eigenvalue weighted by atomic mass is 79.9. The predicted octanol–water partition coefficient (Wildman–Crippen LogP) is 10.6. The number of anilines is 4. The van der Waals surface area contributed by atoms with Crippen molar-refractivity contribution in [3.8, 4) is 34.3 Å². The summed E-state index contributed by atoms with van der Waals surface area (Å²) in [4.78, 5) is 66.8. The maximum Gasteiger partial charge on any atom is 0.496 e. The summed E-state index contributed by atoms with van der Waals surface area (Å²) < 4.78 is 116. The van der Waals surface area contributed by atoms with E-state index in [0.29, 0.717) is 44.9 Å². The van der Waals surface area contributed by atoms with E-state index in [1.165, 1.54) is 53.2 Å². The van der Waals surface area contributed by atoms with Gasteiger partial charge in [0, 0.05) is 84.9 Å². The van der Waals surface area contributed by atoms with Crippen molar-refractivity contribution in [3.05, 3.63) is 157 Å². The van der Waals surface area contributed by atoms with E-state index in [9.17, 15) is 45.5 Å². The molecule has 88 heavy (non-hydrogen) atoms. The number of benzene rings is 2. The van der Waals surface area contributed by atoms with Crippen LogP contribution in [0.5, 0.6) is 11.5 Å². The van der Waals surface area contributed by atoms with Gasteiger partial charge in [-0.15, -0.1) is 0 Å². The SMILES string of the molecule is CCOC(=O)c1cc(-c2cnc(Nc3cc(C)cc(OC)c3)nc2-n2ccc(C(F)(F)F)n2)cn(CC)c1=O.CCOC(=O)c1cc(B2OC(C)(C)C(C)(C)O2)cn(CC)c1=O.COc1cc(C)cc(Nc2ncc(Br)c(-n3ccc(C(F)(F)F)n3)n2)c1. The third-order valence-corrected chi connectivity index (χ3v) is 14.0. The second kappa shape index (κ2) is 27.4. The van der Waals surface area contributed by atoms with E-state index in [1.807, 2.05) is 72.7 Å². The topological polar surface area (TPSA) is 245 Å². The number of ether oxygens (including phenoxy) is 4. The van der Waals surface area contributed by atoms with Crippen LogP contribution in [0.2, 0.25) is 0 Å². The fourth-order valence-corrected chi connectivity index (χ4v) is 8.81. The van der Waals surface area contributed by atoms with Crippen LogP contribution in [0.4, 0.5) is 49.6 Å². The number of carbonyl (C=O) groups excluding carboxylic acids is 2. The Morgan fingerprint density at radius 2 is 1.08 bits per heavy atom. The van der Waals surface area contributed by atoms with Crippen molar-refractivity contribution in [1.29, 1.82) is 0 Å². The molecule has 0 atom stereocenters. The molecule has 466 valence electrons. The van der Waals surface area contributed by atoms with Gasteiger partial charge in [0.1, 0.15) is 22.6 Å². The molecule has 7 heterocycles. The van der Waals surface area contributed by atoms with E-state index in [2.05, 4.69) is 56.7 Å². The van der Waals surface area contributed by atoms with Gasteiger partial charge >= 0.3 is 31.4 Å². The zero-order valence-corrected chi connectivity index (χ0v) is 51.4. The number of carbonyl (C=O) groups is 2. The Labute approximate surface area is 509 Å². The van der Waals surface area contributed by atoms with Gasteiger partial charge in [-0.2, -0.15) is 46.5 Å². The summed E-state index contributed by atoms with van der Waals surface area (Å²) in [6.07, 6.45) is -0.930. The van der Waals surface area contributed by atoms with Gasteiger partial charge in [-0.25, -0.2) is 28.9 Å². The number of aryl methyl sites for hydroxylation is 4. The van der Waals surface area contributed by atoms with E-state index in [1.54, 1.807) is 46.2 Å². The molecular weight excluding hydrogens is 1230 g/mol. The molecule has 9 rings (SSSR count). The van der Waals surface area contributed by atoms with Gasteiger partial charge in [0.05, 0.1) is 43.1 Å². The second-order valence-corrected chi connectivity index (χ2v) is 21.2. The summed E-state index contributed by atoms with van der Waals surface area (Å²) in [5.41, 5.74) is 0.0445. The van der Waals surface area contributed by atoms with Crippen LogP contribution >= 0.6 is 15.9 Å². The van der Waals surface area contributed by atoms with Gasteiger partial charge in [-0.3, -0.25) is 9.59 Å². The summed E-state index contributed by atoms with van der Waals surface area (Å²) >= 11 is 3.23. The average molecular weight is 1290 g/mol. The Balaban J connectivity index is 0.000000197. The molecule has 22 nitrogen and oxygen atoms in total. The quantitative estimate of drug-likeness (QED) is 0.0519. The van der Waals surface area contributed by atoms with Crippen LogP contribution in [0.3, 0.4) is 0 Å². The van der Waals surface area contributed by atoms with Crippen molar-refractivity contribution in [1.82, 2.24) is 48.6 Å². The maximum absolute atomic E-state index is 13.4. The third kappa shape index (κ3) is 15.8. The smallest absolute Gasteiger partial charge is 0.496 e. The second-order valence-electron chi connectivity index (χ2n) is 20.4. The molecule has 6 aromatic heterocycles.